The number of aromatic nitrogens is 1. The number of rotatable bonds is 8. The number of ether oxygens (including phenoxy) is 1. The molecular weight excluding hydrogens is 427 g/mol. The SMILES string of the molecule is [B]c1ccc2c(c1)c1cc([B])ccc1n2CC(O)CS(=O)(=O)c1ccc(OCCF)cc1. The fourth-order valence-corrected chi connectivity index (χ4v) is 5.20. The summed E-state index contributed by atoms with van der Waals surface area (Å²) < 4.78 is 44.8. The lowest BCUT2D eigenvalue weighted by atomic mass is 9.92. The molecule has 160 valence electrons. The molecule has 0 bridgehead atoms. The topological polar surface area (TPSA) is 68.5 Å². The maximum Gasteiger partial charge on any atom is 0.180 e. The van der Waals surface area contributed by atoms with E-state index in [1.807, 2.05) is 28.8 Å². The van der Waals surface area contributed by atoms with Gasteiger partial charge in [-0.05, 0) is 36.4 Å². The fraction of sp³-hybridized carbons (Fsp3) is 0.217. The van der Waals surface area contributed by atoms with E-state index in [0.29, 0.717) is 16.7 Å². The van der Waals surface area contributed by atoms with Crippen LogP contribution >= 0.6 is 0 Å². The third-order valence-corrected chi connectivity index (χ3v) is 7.06. The summed E-state index contributed by atoms with van der Waals surface area (Å²) in [6.45, 7) is -0.653. The summed E-state index contributed by atoms with van der Waals surface area (Å²) in [7, 11) is 8.15. The highest BCUT2D eigenvalue weighted by atomic mass is 32.2. The van der Waals surface area contributed by atoms with Gasteiger partial charge in [-0.3, -0.25) is 0 Å². The average Bonchev–Trinajstić information content (AvgIpc) is 3.04. The number of sulfone groups is 1. The quantitative estimate of drug-likeness (QED) is 0.417. The second-order valence-electron chi connectivity index (χ2n) is 7.61. The van der Waals surface area contributed by atoms with Gasteiger partial charge in [-0.2, -0.15) is 0 Å². The number of benzene rings is 3. The summed E-state index contributed by atoms with van der Waals surface area (Å²) in [5.41, 5.74) is 2.85. The molecule has 1 unspecified atom stereocenters. The Bertz CT molecular complexity index is 1310. The van der Waals surface area contributed by atoms with Gasteiger partial charge in [-0.25, -0.2) is 12.8 Å². The summed E-state index contributed by atoms with van der Waals surface area (Å²) in [5, 5.41) is 12.5. The number of fused-ring (bicyclic) bond motifs is 3. The highest BCUT2D eigenvalue weighted by Crippen LogP contribution is 2.28. The van der Waals surface area contributed by atoms with Crippen molar-refractivity contribution in [3.8, 4) is 5.75 Å². The van der Waals surface area contributed by atoms with Crippen LogP contribution in [0.25, 0.3) is 21.8 Å². The number of aliphatic hydroxyl groups is 1. The normalized spacial score (nSPS) is 12.9. The van der Waals surface area contributed by atoms with E-state index in [0.717, 1.165) is 21.8 Å². The Morgan fingerprint density at radius 1 is 0.938 bits per heavy atom. The third-order valence-electron chi connectivity index (χ3n) is 5.25. The van der Waals surface area contributed by atoms with Crippen molar-refractivity contribution in [1.29, 1.82) is 0 Å². The molecule has 1 heterocycles. The molecule has 1 aromatic heterocycles. The number of alkyl halides is 1. The molecule has 32 heavy (non-hydrogen) atoms. The predicted octanol–water partition coefficient (Wildman–Crippen LogP) is 1.57. The first-order chi connectivity index (χ1) is 15.3. The Morgan fingerprint density at radius 3 is 2.03 bits per heavy atom. The lowest BCUT2D eigenvalue weighted by Gasteiger charge is -2.15. The molecule has 3 aromatic carbocycles. The molecular formula is C23H20B2FNO4S. The molecule has 4 rings (SSSR count). The van der Waals surface area contributed by atoms with Crippen molar-refractivity contribution in [2.24, 2.45) is 0 Å². The van der Waals surface area contributed by atoms with Crippen molar-refractivity contribution < 1.29 is 22.7 Å². The molecule has 1 N–H and O–H groups in total. The van der Waals surface area contributed by atoms with Crippen LogP contribution in [0.4, 0.5) is 4.39 Å². The van der Waals surface area contributed by atoms with Crippen molar-refractivity contribution in [1.82, 2.24) is 4.57 Å². The summed E-state index contributed by atoms with van der Waals surface area (Å²) in [4.78, 5) is 0.0620. The minimum Gasteiger partial charge on any atom is -0.491 e. The summed E-state index contributed by atoms with van der Waals surface area (Å²) in [6.07, 6.45) is -1.16. The second-order valence-corrected chi connectivity index (χ2v) is 9.64. The van der Waals surface area contributed by atoms with Gasteiger partial charge in [0.05, 0.1) is 23.3 Å². The molecule has 0 saturated carbocycles. The van der Waals surface area contributed by atoms with Crippen LogP contribution in [0.2, 0.25) is 0 Å². The smallest absolute Gasteiger partial charge is 0.180 e. The Morgan fingerprint density at radius 2 is 1.50 bits per heavy atom. The van der Waals surface area contributed by atoms with Gasteiger partial charge in [0.2, 0.25) is 0 Å². The zero-order valence-electron chi connectivity index (χ0n) is 17.2. The number of hydrogen-bond acceptors (Lipinski definition) is 4. The summed E-state index contributed by atoms with van der Waals surface area (Å²) in [5.74, 6) is -0.0750. The molecule has 5 nitrogen and oxygen atoms in total. The van der Waals surface area contributed by atoms with E-state index in [4.69, 9.17) is 20.4 Å². The number of nitrogens with zero attached hydrogens (tertiary/aromatic N) is 1. The number of aliphatic hydroxyl groups excluding tert-OH is 1. The minimum absolute atomic E-state index is 0.0620. The van der Waals surface area contributed by atoms with Crippen molar-refractivity contribution in [2.45, 2.75) is 17.5 Å². The van der Waals surface area contributed by atoms with Crippen molar-refractivity contribution >= 4 is 58.3 Å². The zero-order chi connectivity index (χ0) is 22.9. The van der Waals surface area contributed by atoms with Crippen LogP contribution in [0.5, 0.6) is 5.75 Å². The lowest BCUT2D eigenvalue weighted by Crippen LogP contribution is -2.25. The van der Waals surface area contributed by atoms with Gasteiger partial charge in [0.1, 0.15) is 34.7 Å². The van der Waals surface area contributed by atoms with E-state index >= 15 is 0 Å². The Kier molecular flexibility index (Phi) is 6.31. The minimum atomic E-state index is -3.75. The van der Waals surface area contributed by atoms with Crippen LogP contribution in [0, 0.1) is 0 Å². The van der Waals surface area contributed by atoms with Gasteiger partial charge >= 0.3 is 0 Å². The first kappa shape index (κ1) is 22.4. The van der Waals surface area contributed by atoms with Crippen molar-refractivity contribution in [2.75, 3.05) is 19.0 Å². The summed E-state index contributed by atoms with van der Waals surface area (Å²) in [6, 6.07) is 16.6. The fourth-order valence-electron chi connectivity index (χ4n) is 3.85. The third kappa shape index (κ3) is 4.54. The van der Waals surface area contributed by atoms with Crippen LogP contribution in [0.15, 0.2) is 65.6 Å². The summed E-state index contributed by atoms with van der Waals surface area (Å²) >= 11 is 0. The van der Waals surface area contributed by atoms with Gasteiger partial charge in [0.25, 0.3) is 0 Å². The molecule has 0 saturated heterocycles. The molecule has 9 heteroatoms. The van der Waals surface area contributed by atoms with Crippen LogP contribution in [-0.4, -0.2) is 58.9 Å². The van der Waals surface area contributed by atoms with E-state index in [1.54, 1.807) is 12.1 Å². The molecule has 0 aliphatic rings. The van der Waals surface area contributed by atoms with Crippen LogP contribution in [0.1, 0.15) is 0 Å². The monoisotopic (exact) mass is 447 g/mol. The van der Waals surface area contributed by atoms with Crippen LogP contribution < -0.4 is 15.7 Å². The standard InChI is InChI=1S/C23H20B2FNO4S/c24-15-1-7-22-20(11-15)21-12-16(25)2-8-23(21)27(22)13-17(28)14-32(29,30)19-5-3-18(4-6-19)31-10-9-26/h1-8,11-12,17,28H,9-10,13-14H2. The predicted molar refractivity (Wildman–Crippen MR) is 126 cm³/mol. The molecule has 0 fully saturated rings. The first-order valence-corrected chi connectivity index (χ1v) is 11.7. The average molecular weight is 447 g/mol. The molecule has 0 aliphatic carbocycles. The van der Waals surface area contributed by atoms with Gasteiger partial charge in [0, 0.05) is 21.8 Å². The highest BCUT2D eigenvalue weighted by molar-refractivity contribution is 7.91. The molecule has 4 radical (unpaired) electrons. The van der Waals surface area contributed by atoms with E-state index in [9.17, 15) is 17.9 Å². The zero-order valence-corrected chi connectivity index (χ0v) is 18.1. The molecule has 1 atom stereocenters. The van der Waals surface area contributed by atoms with E-state index in [-0.39, 0.29) is 18.0 Å². The van der Waals surface area contributed by atoms with Crippen LogP contribution in [0.3, 0.4) is 0 Å². The highest BCUT2D eigenvalue weighted by Gasteiger charge is 2.22. The van der Waals surface area contributed by atoms with Gasteiger partial charge < -0.3 is 14.4 Å². The molecule has 0 spiro atoms. The Balaban J connectivity index is 1.60. The molecule has 0 amide bonds. The van der Waals surface area contributed by atoms with Gasteiger partial charge in [0.15, 0.2) is 9.84 Å². The van der Waals surface area contributed by atoms with Crippen LogP contribution in [-0.2, 0) is 16.4 Å². The largest absolute Gasteiger partial charge is 0.491 e. The van der Waals surface area contributed by atoms with Gasteiger partial charge in [-0.15, -0.1) is 0 Å². The number of hydrogen-bond donors (Lipinski definition) is 1. The maximum atomic E-state index is 12.8. The van der Waals surface area contributed by atoms with E-state index in [1.165, 1.54) is 24.3 Å². The Hall–Kier alpha value is -2.77. The van der Waals surface area contributed by atoms with Gasteiger partial charge in [-0.1, -0.05) is 35.2 Å². The van der Waals surface area contributed by atoms with Crippen molar-refractivity contribution in [3.05, 3.63) is 60.7 Å². The first-order valence-electron chi connectivity index (χ1n) is 10.0. The van der Waals surface area contributed by atoms with Crippen molar-refractivity contribution in [3.63, 3.8) is 0 Å². The number of halogens is 1. The Labute approximate surface area is 188 Å². The second kappa shape index (κ2) is 9.00. The maximum absolute atomic E-state index is 12.8. The lowest BCUT2D eigenvalue weighted by molar-refractivity contribution is 0.179. The molecule has 0 aliphatic heterocycles. The molecule has 4 aromatic rings. The van der Waals surface area contributed by atoms with E-state index in [2.05, 4.69) is 0 Å². The van der Waals surface area contributed by atoms with E-state index < -0.39 is 28.4 Å².